The van der Waals surface area contributed by atoms with Gasteiger partial charge in [0.05, 0.1) is 5.75 Å². The van der Waals surface area contributed by atoms with Crippen molar-refractivity contribution in [3.05, 3.63) is 47.5 Å². The molecule has 3 rings (SSSR count). The first-order valence-electron chi connectivity index (χ1n) is 8.76. The first-order valence-corrected chi connectivity index (χ1v) is 10.4. The monoisotopic (exact) mass is 391 g/mol. The van der Waals surface area contributed by atoms with E-state index < -0.39 is 21.9 Å². The molecule has 1 atom stereocenters. The van der Waals surface area contributed by atoms with Crippen LogP contribution >= 0.6 is 0 Å². The SMILES string of the molecule is CCS(=O)(=O)N[C@H](C)c1cncc(-c2cc3c(cc2F)N(C)C(=O)CC3)c1. The zero-order valence-corrected chi connectivity index (χ0v) is 16.3. The number of anilines is 1. The normalized spacial score (nSPS) is 15.6. The lowest BCUT2D eigenvalue weighted by molar-refractivity contribution is -0.118. The number of amides is 1. The highest BCUT2D eigenvalue weighted by Crippen LogP contribution is 2.34. The number of aromatic nitrogens is 1. The maximum Gasteiger partial charge on any atom is 0.227 e. The Hall–Kier alpha value is -2.32. The molecule has 144 valence electrons. The van der Waals surface area contributed by atoms with Gasteiger partial charge in [-0.25, -0.2) is 17.5 Å². The summed E-state index contributed by atoms with van der Waals surface area (Å²) in [7, 11) is -1.72. The standard InChI is InChI=1S/C19H22FN3O3S/c1-4-27(25,26)22-12(2)14-7-15(11-21-10-14)16-8-13-5-6-19(24)23(3)18(13)9-17(16)20/h7-12,22H,4-6H2,1-3H3/t12-/m1/s1. The smallest absolute Gasteiger partial charge is 0.227 e. The van der Waals surface area contributed by atoms with Crippen molar-refractivity contribution in [3.63, 3.8) is 0 Å². The third-order valence-electron chi connectivity index (χ3n) is 4.82. The lowest BCUT2D eigenvalue weighted by atomic mass is 9.95. The molecule has 1 aliphatic heterocycles. The van der Waals surface area contributed by atoms with Crippen molar-refractivity contribution in [3.8, 4) is 11.1 Å². The van der Waals surface area contributed by atoms with E-state index in [2.05, 4.69) is 9.71 Å². The number of benzene rings is 1. The number of rotatable bonds is 5. The average molecular weight is 391 g/mol. The van der Waals surface area contributed by atoms with E-state index in [1.54, 1.807) is 45.4 Å². The van der Waals surface area contributed by atoms with Gasteiger partial charge in [-0.05, 0) is 49.6 Å². The van der Waals surface area contributed by atoms with Crippen LogP contribution in [-0.4, -0.2) is 32.1 Å². The summed E-state index contributed by atoms with van der Waals surface area (Å²) >= 11 is 0. The topological polar surface area (TPSA) is 79.4 Å². The fraction of sp³-hybridized carbons (Fsp3) is 0.368. The minimum atomic E-state index is -3.37. The molecular formula is C19H22FN3O3S. The summed E-state index contributed by atoms with van der Waals surface area (Å²) in [6.07, 6.45) is 4.07. The molecule has 6 nitrogen and oxygen atoms in total. The Morgan fingerprint density at radius 1 is 1.26 bits per heavy atom. The molecule has 0 bridgehead atoms. The molecule has 1 aliphatic rings. The highest BCUT2D eigenvalue weighted by Gasteiger charge is 2.23. The first kappa shape index (κ1) is 19.4. The molecule has 2 heterocycles. The van der Waals surface area contributed by atoms with Crippen LogP contribution in [0, 0.1) is 5.82 Å². The molecule has 0 saturated heterocycles. The fourth-order valence-corrected chi connectivity index (χ4v) is 3.99. The average Bonchev–Trinajstić information content (AvgIpc) is 2.64. The molecule has 1 aromatic heterocycles. The number of halogens is 1. The Kier molecular flexibility index (Phi) is 5.30. The number of hydrogen-bond acceptors (Lipinski definition) is 4. The van der Waals surface area contributed by atoms with Crippen LogP contribution in [0.3, 0.4) is 0 Å². The van der Waals surface area contributed by atoms with Crippen molar-refractivity contribution in [1.82, 2.24) is 9.71 Å². The fourth-order valence-electron chi connectivity index (χ4n) is 3.15. The van der Waals surface area contributed by atoms with Gasteiger partial charge in [0.25, 0.3) is 0 Å². The second kappa shape index (κ2) is 7.36. The van der Waals surface area contributed by atoms with Crippen LogP contribution in [0.1, 0.15) is 37.4 Å². The number of carbonyl (C=O) groups is 1. The second-order valence-corrected chi connectivity index (χ2v) is 8.71. The quantitative estimate of drug-likeness (QED) is 0.850. The molecule has 0 spiro atoms. The molecule has 8 heteroatoms. The number of carbonyl (C=O) groups excluding carboxylic acids is 1. The van der Waals surface area contributed by atoms with E-state index in [0.29, 0.717) is 35.2 Å². The van der Waals surface area contributed by atoms with E-state index in [-0.39, 0.29) is 11.7 Å². The minimum Gasteiger partial charge on any atom is -0.315 e. The number of fused-ring (bicyclic) bond motifs is 1. The number of nitrogens with zero attached hydrogens (tertiary/aromatic N) is 2. The summed E-state index contributed by atoms with van der Waals surface area (Å²) in [6.45, 7) is 3.28. The van der Waals surface area contributed by atoms with Crippen LogP contribution in [0.4, 0.5) is 10.1 Å². The molecule has 0 aliphatic carbocycles. The zero-order chi connectivity index (χ0) is 19.8. The molecule has 0 saturated carbocycles. The van der Waals surface area contributed by atoms with Crippen LogP contribution in [0.2, 0.25) is 0 Å². The Bertz CT molecular complexity index is 992. The summed E-state index contributed by atoms with van der Waals surface area (Å²) in [5.74, 6) is -0.498. The Morgan fingerprint density at radius 3 is 2.70 bits per heavy atom. The number of pyridine rings is 1. The molecule has 1 aromatic carbocycles. The molecule has 0 fully saturated rings. The van der Waals surface area contributed by atoms with Crippen molar-refractivity contribution in [2.45, 2.75) is 32.7 Å². The number of hydrogen-bond donors (Lipinski definition) is 1. The molecular weight excluding hydrogens is 369 g/mol. The van der Waals surface area contributed by atoms with Gasteiger partial charge < -0.3 is 4.90 Å². The lowest BCUT2D eigenvalue weighted by Crippen LogP contribution is -2.31. The summed E-state index contributed by atoms with van der Waals surface area (Å²) in [5.41, 5.74) is 3.08. The van der Waals surface area contributed by atoms with Crippen molar-refractivity contribution in [2.75, 3.05) is 17.7 Å². The molecule has 0 unspecified atom stereocenters. The van der Waals surface area contributed by atoms with E-state index in [4.69, 9.17) is 0 Å². The summed E-state index contributed by atoms with van der Waals surface area (Å²) < 4.78 is 40.9. The molecule has 1 N–H and O–H groups in total. The lowest BCUT2D eigenvalue weighted by Gasteiger charge is -2.26. The number of sulfonamides is 1. The van der Waals surface area contributed by atoms with E-state index in [1.165, 1.54) is 11.0 Å². The molecule has 0 radical (unpaired) electrons. The number of nitrogens with one attached hydrogen (secondary N) is 1. The summed E-state index contributed by atoms with van der Waals surface area (Å²) in [6, 6.07) is 4.37. The molecule has 2 aromatic rings. The minimum absolute atomic E-state index is 0.0177. The van der Waals surface area contributed by atoms with Crippen molar-refractivity contribution >= 4 is 21.6 Å². The third kappa shape index (κ3) is 4.01. The van der Waals surface area contributed by atoms with Gasteiger partial charge in [0.2, 0.25) is 15.9 Å². The van der Waals surface area contributed by atoms with Gasteiger partial charge in [-0.1, -0.05) is 0 Å². The maximum absolute atomic E-state index is 14.7. The Morgan fingerprint density at radius 2 is 2.00 bits per heavy atom. The van der Waals surface area contributed by atoms with Gasteiger partial charge in [-0.2, -0.15) is 0 Å². The van der Waals surface area contributed by atoms with Crippen LogP contribution in [0.15, 0.2) is 30.6 Å². The van der Waals surface area contributed by atoms with E-state index in [9.17, 15) is 17.6 Å². The first-order chi connectivity index (χ1) is 12.7. The van der Waals surface area contributed by atoms with Gasteiger partial charge in [-0.3, -0.25) is 9.78 Å². The van der Waals surface area contributed by atoms with Crippen LogP contribution < -0.4 is 9.62 Å². The second-order valence-electron chi connectivity index (χ2n) is 6.66. The Balaban J connectivity index is 1.97. The third-order valence-corrected chi connectivity index (χ3v) is 6.29. The van der Waals surface area contributed by atoms with E-state index in [0.717, 1.165) is 5.56 Å². The number of aryl methyl sites for hydroxylation is 1. The van der Waals surface area contributed by atoms with Crippen molar-refractivity contribution in [1.29, 1.82) is 0 Å². The van der Waals surface area contributed by atoms with Crippen LogP contribution in [0.5, 0.6) is 0 Å². The van der Waals surface area contributed by atoms with Gasteiger partial charge in [-0.15, -0.1) is 0 Å². The summed E-state index contributed by atoms with van der Waals surface area (Å²) in [4.78, 5) is 17.4. The van der Waals surface area contributed by atoms with E-state index >= 15 is 0 Å². The molecule has 1 amide bonds. The van der Waals surface area contributed by atoms with Crippen molar-refractivity contribution in [2.24, 2.45) is 0 Å². The summed E-state index contributed by atoms with van der Waals surface area (Å²) in [5, 5.41) is 0. The van der Waals surface area contributed by atoms with Gasteiger partial charge in [0.1, 0.15) is 5.82 Å². The van der Waals surface area contributed by atoms with E-state index in [1.807, 2.05) is 0 Å². The van der Waals surface area contributed by atoms with Gasteiger partial charge in [0, 0.05) is 48.7 Å². The largest absolute Gasteiger partial charge is 0.315 e. The zero-order valence-electron chi connectivity index (χ0n) is 15.5. The highest BCUT2D eigenvalue weighted by molar-refractivity contribution is 7.89. The van der Waals surface area contributed by atoms with Crippen LogP contribution in [0.25, 0.3) is 11.1 Å². The predicted octanol–water partition coefficient (Wildman–Crippen LogP) is 2.80. The van der Waals surface area contributed by atoms with Crippen LogP contribution in [-0.2, 0) is 21.2 Å². The van der Waals surface area contributed by atoms with Crippen molar-refractivity contribution < 1.29 is 17.6 Å². The highest BCUT2D eigenvalue weighted by atomic mass is 32.2. The van der Waals surface area contributed by atoms with Gasteiger partial charge >= 0.3 is 0 Å². The Labute approximate surface area is 158 Å². The maximum atomic E-state index is 14.7. The van der Waals surface area contributed by atoms with Gasteiger partial charge in [0.15, 0.2) is 0 Å². The molecule has 27 heavy (non-hydrogen) atoms. The predicted molar refractivity (Wildman–Crippen MR) is 102 cm³/mol.